The van der Waals surface area contributed by atoms with E-state index in [4.69, 9.17) is 11.5 Å². The van der Waals surface area contributed by atoms with Gasteiger partial charge in [0.1, 0.15) is 23.0 Å². The van der Waals surface area contributed by atoms with Crippen LogP contribution in [0.5, 0.6) is 0 Å². The van der Waals surface area contributed by atoms with Crippen molar-refractivity contribution in [3.05, 3.63) is 97.7 Å². The van der Waals surface area contributed by atoms with E-state index in [0.29, 0.717) is 11.1 Å². The monoisotopic (exact) mass is 499 g/mol. The highest BCUT2D eigenvalue weighted by molar-refractivity contribution is 6.01. The average molecular weight is 500 g/mol. The van der Waals surface area contributed by atoms with Crippen LogP contribution in [0, 0.1) is 11.6 Å². The molecule has 11 heteroatoms. The highest BCUT2D eigenvalue weighted by atomic mass is 19.1. The maximum atomic E-state index is 13.4. The number of nitrogens with zero attached hydrogens (tertiary/aromatic N) is 3. The Balaban J connectivity index is 2.14. The van der Waals surface area contributed by atoms with Crippen LogP contribution in [0.15, 0.2) is 58.1 Å². The normalized spacial score (nSPS) is 11.3. The molecule has 0 aliphatic heterocycles. The molecule has 0 aliphatic rings. The van der Waals surface area contributed by atoms with Crippen molar-refractivity contribution in [2.24, 2.45) is 5.73 Å². The Morgan fingerprint density at radius 3 is 1.78 bits per heavy atom. The number of hydrogen-bond donors (Lipinski definition) is 2. The number of amides is 1. The molecule has 0 aliphatic carbocycles. The molecule has 0 spiro atoms. The van der Waals surface area contributed by atoms with Crippen LogP contribution < -0.4 is 22.7 Å². The van der Waals surface area contributed by atoms with Gasteiger partial charge in [0.2, 0.25) is 5.91 Å². The SMILES string of the molecule is CC(C)N(CC(N)=O)CC(=O)c1c(N)n(Cc2ccc(F)cc2)c(=O)n(Cc2ccc(F)cc2)c1=O. The van der Waals surface area contributed by atoms with Crippen molar-refractivity contribution >= 4 is 17.5 Å². The third-order valence-corrected chi connectivity index (χ3v) is 5.69. The summed E-state index contributed by atoms with van der Waals surface area (Å²) in [4.78, 5) is 52.9. The summed E-state index contributed by atoms with van der Waals surface area (Å²) in [5.74, 6) is -2.67. The molecule has 1 amide bonds. The second kappa shape index (κ2) is 11.1. The van der Waals surface area contributed by atoms with Crippen molar-refractivity contribution in [1.29, 1.82) is 0 Å². The van der Waals surface area contributed by atoms with E-state index in [1.807, 2.05) is 0 Å². The maximum Gasteiger partial charge on any atom is 0.333 e. The van der Waals surface area contributed by atoms with Crippen molar-refractivity contribution in [2.75, 3.05) is 18.8 Å². The Morgan fingerprint density at radius 1 is 0.861 bits per heavy atom. The largest absolute Gasteiger partial charge is 0.384 e. The van der Waals surface area contributed by atoms with Crippen molar-refractivity contribution < 1.29 is 18.4 Å². The average Bonchev–Trinajstić information content (AvgIpc) is 2.81. The molecule has 3 aromatic rings. The molecule has 190 valence electrons. The maximum absolute atomic E-state index is 13.4. The third-order valence-electron chi connectivity index (χ3n) is 5.69. The summed E-state index contributed by atoms with van der Waals surface area (Å²) in [5.41, 5.74) is 10.3. The molecule has 0 saturated heterocycles. The van der Waals surface area contributed by atoms with E-state index in [1.165, 1.54) is 53.4 Å². The quantitative estimate of drug-likeness (QED) is 0.405. The van der Waals surface area contributed by atoms with Crippen molar-refractivity contribution in [3.8, 4) is 0 Å². The number of primary amides is 1. The van der Waals surface area contributed by atoms with Crippen LogP contribution in [0.2, 0.25) is 0 Å². The number of carbonyl (C=O) groups excluding carboxylic acids is 2. The van der Waals surface area contributed by atoms with Crippen LogP contribution in [-0.2, 0) is 17.9 Å². The number of carbonyl (C=O) groups is 2. The zero-order valence-corrected chi connectivity index (χ0v) is 19.9. The molecule has 9 nitrogen and oxygen atoms in total. The van der Waals surface area contributed by atoms with Gasteiger partial charge in [0.15, 0.2) is 5.78 Å². The smallest absolute Gasteiger partial charge is 0.333 e. The lowest BCUT2D eigenvalue weighted by molar-refractivity contribution is -0.119. The fraction of sp³-hybridized carbons (Fsp3) is 0.280. The lowest BCUT2D eigenvalue weighted by Gasteiger charge is -2.24. The van der Waals surface area contributed by atoms with Crippen molar-refractivity contribution in [1.82, 2.24) is 14.0 Å². The Kier molecular flexibility index (Phi) is 8.15. The van der Waals surface area contributed by atoms with Gasteiger partial charge in [-0.15, -0.1) is 0 Å². The van der Waals surface area contributed by atoms with Crippen LogP contribution in [0.4, 0.5) is 14.6 Å². The first kappa shape index (κ1) is 26.5. The van der Waals surface area contributed by atoms with Crippen LogP contribution >= 0.6 is 0 Å². The number of hydrogen-bond acceptors (Lipinski definition) is 6. The lowest BCUT2D eigenvalue weighted by Crippen LogP contribution is -2.47. The first-order valence-electron chi connectivity index (χ1n) is 11.2. The van der Waals surface area contributed by atoms with Gasteiger partial charge in [0.05, 0.1) is 26.2 Å². The predicted molar refractivity (Wildman–Crippen MR) is 131 cm³/mol. The molecule has 0 unspecified atom stereocenters. The molecule has 0 atom stereocenters. The Morgan fingerprint density at radius 2 is 1.33 bits per heavy atom. The molecule has 2 aromatic carbocycles. The minimum absolute atomic E-state index is 0.135. The summed E-state index contributed by atoms with van der Waals surface area (Å²) in [5, 5.41) is 0. The minimum Gasteiger partial charge on any atom is -0.384 e. The molecule has 0 radical (unpaired) electrons. The Hall–Kier alpha value is -4.12. The van der Waals surface area contributed by atoms with Crippen LogP contribution in [0.25, 0.3) is 0 Å². The van der Waals surface area contributed by atoms with Gasteiger partial charge in [-0.25, -0.2) is 13.6 Å². The van der Waals surface area contributed by atoms with Crippen LogP contribution in [0.3, 0.4) is 0 Å². The number of ketones is 1. The molecule has 0 fully saturated rings. The summed E-state index contributed by atoms with van der Waals surface area (Å²) >= 11 is 0. The third kappa shape index (κ3) is 6.11. The molecule has 3 rings (SSSR count). The molecule has 1 aromatic heterocycles. The van der Waals surface area contributed by atoms with E-state index in [9.17, 15) is 28.0 Å². The minimum atomic E-state index is -0.912. The van der Waals surface area contributed by atoms with Gasteiger partial charge in [-0.05, 0) is 49.2 Å². The van der Waals surface area contributed by atoms with Gasteiger partial charge >= 0.3 is 5.69 Å². The fourth-order valence-corrected chi connectivity index (χ4v) is 3.70. The van der Waals surface area contributed by atoms with E-state index >= 15 is 0 Å². The van der Waals surface area contributed by atoms with E-state index < -0.39 is 40.1 Å². The topological polar surface area (TPSA) is 133 Å². The molecule has 4 N–H and O–H groups in total. The van der Waals surface area contributed by atoms with Gasteiger partial charge in [-0.2, -0.15) is 0 Å². The number of rotatable bonds is 10. The van der Waals surface area contributed by atoms with E-state index in [2.05, 4.69) is 0 Å². The number of aromatic nitrogens is 2. The second-order valence-electron chi connectivity index (χ2n) is 8.66. The van der Waals surface area contributed by atoms with Crippen LogP contribution in [-0.4, -0.2) is 44.9 Å². The highest BCUT2D eigenvalue weighted by Crippen LogP contribution is 2.13. The molecular formula is C25H27F2N5O4. The van der Waals surface area contributed by atoms with Gasteiger partial charge < -0.3 is 11.5 Å². The van der Waals surface area contributed by atoms with Gasteiger partial charge in [0, 0.05) is 6.04 Å². The second-order valence-corrected chi connectivity index (χ2v) is 8.66. The predicted octanol–water partition coefficient (Wildman–Crippen LogP) is 1.35. The zero-order valence-electron chi connectivity index (χ0n) is 19.9. The van der Waals surface area contributed by atoms with Gasteiger partial charge in [0.25, 0.3) is 5.56 Å². The first-order valence-corrected chi connectivity index (χ1v) is 11.2. The number of benzene rings is 2. The van der Waals surface area contributed by atoms with E-state index in [0.717, 1.165) is 9.13 Å². The summed E-state index contributed by atoms with van der Waals surface area (Å²) < 4.78 is 28.6. The summed E-state index contributed by atoms with van der Waals surface area (Å²) in [6.07, 6.45) is 0. The standard InChI is InChI=1S/C25H27F2N5O4/c1-15(2)30(14-21(28)34)13-20(33)22-23(29)31(11-16-3-7-18(26)8-4-16)25(36)32(24(22)35)12-17-5-9-19(27)10-6-17/h3-10,15H,11-14,29H2,1-2H3,(H2,28,34). The van der Waals surface area contributed by atoms with Crippen molar-refractivity contribution in [2.45, 2.75) is 33.0 Å². The molecule has 0 bridgehead atoms. The number of nitrogen functional groups attached to an aromatic ring is 1. The van der Waals surface area contributed by atoms with Crippen molar-refractivity contribution in [3.63, 3.8) is 0 Å². The number of Topliss-reactive ketones (excluding diaryl/α,β-unsaturated/α-hetero) is 1. The zero-order chi connectivity index (χ0) is 26.6. The number of anilines is 1. The molecule has 36 heavy (non-hydrogen) atoms. The van der Waals surface area contributed by atoms with Crippen LogP contribution in [0.1, 0.15) is 35.3 Å². The lowest BCUT2D eigenvalue weighted by atomic mass is 10.1. The number of halogens is 2. The van der Waals surface area contributed by atoms with E-state index in [1.54, 1.807) is 13.8 Å². The van der Waals surface area contributed by atoms with Gasteiger partial charge in [-0.3, -0.25) is 28.4 Å². The summed E-state index contributed by atoms with van der Waals surface area (Å²) in [6.45, 7) is 2.57. The van der Waals surface area contributed by atoms with E-state index in [-0.39, 0.29) is 38.0 Å². The summed E-state index contributed by atoms with van der Waals surface area (Å²) in [7, 11) is 0. The summed E-state index contributed by atoms with van der Waals surface area (Å²) in [6, 6.07) is 10.3. The number of nitrogens with two attached hydrogens (primary N) is 2. The molecule has 1 heterocycles. The molecular weight excluding hydrogens is 472 g/mol. The van der Waals surface area contributed by atoms with Gasteiger partial charge in [-0.1, -0.05) is 24.3 Å². The first-order chi connectivity index (χ1) is 17.0. The molecule has 0 saturated carbocycles. The Bertz CT molecular complexity index is 1380. The fourth-order valence-electron chi connectivity index (χ4n) is 3.70. The Labute approximate surface area is 205 Å². The highest BCUT2D eigenvalue weighted by Gasteiger charge is 2.26.